The lowest BCUT2D eigenvalue weighted by molar-refractivity contribution is -0.125. The van der Waals surface area contributed by atoms with Gasteiger partial charge in [-0.2, -0.15) is 0 Å². The molecule has 0 aliphatic carbocycles. The molecule has 2 rings (SSSR count). The van der Waals surface area contributed by atoms with E-state index in [2.05, 4.69) is 10.6 Å². The monoisotopic (exact) mass is 314 g/mol. The highest BCUT2D eigenvalue weighted by atomic mass is 16.3. The molecule has 0 unspecified atom stereocenters. The van der Waals surface area contributed by atoms with Gasteiger partial charge in [-0.15, -0.1) is 0 Å². The molecule has 1 aromatic carbocycles. The van der Waals surface area contributed by atoms with E-state index in [0.29, 0.717) is 12.2 Å². The van der Waals surface area contributed by atoms with Crippen molar-refractivity contribution in [3.8, 4) is 0 Å². The Kier molecular flexibility index (Phi) is 5.97. The molecule has 0 saturated heterocycles. The second-order valence-corrected chi connectivity index (χ2v) is 5.36. The van der Waals surface area contributed by atoms with Crippen LogP contribution in [-0.2, 0) is 11.3 Å². The van der Waals surface area contributed by atoms with Gasteiger partial charge in [-0.3, -0.25) is 9.59 Å². The van der Waals surface area contributed by atoms with Crippen LogP contribution in [0.4, 0.5) is 5.69 Å². The molecule has 1 heterocycles. The van der Waals surface area contributed by atoms with Crippen LogP contribution in [0.5, 0.6) is 0 Å². The predicted octanol–water partition coefficient (Wildman–Crippen LogP) is 3.58. The van der Waals surface area contributed by atoms with Crippen LogP contribution in [0, 0.1) is 5.92 Å². The van der Waals surface area contributed by atoms with Gasteiger partial charge >= 0.3 is 0 Å². The topological polar surface area (TPSA) is 71.3 Å². The Balaban J connectivity index is 1.87. The summed E-state index contributed by atoms with van der Waals surface area (Å²) in [5.74, 6) is 0.142. The number of hydrogen-bond acceptors (Lipinski definition) is 3. The Morgan fingerprint density at radius 2 is 1.78 bits per heavy atom. The van der Waals surface area contributed by atoms with Crippen molar-refractivity contribution in [1.29, 1.82) is 0 Å². The second kappa shape index (κ2) is 8.17. The number of carbonyl (C=O) groups excluding carboxylic acids is 2. The van der Waals surface area contributed by atoms with Crippen LogP contribution in [0.3, 0.4) is 0 Å². The molecule has 0 bridgehead atoms. The minimum Gasteiger partial charge on any atom is -0.459 e. The van der Waals surface area contributed by atoms with Crippen molar-refractivity contribution in [3.05, 3.63) is 54.0 Å². The number of rotatable bonds is 7. The summed E-state index contributed by atoms with van der Waals surface area (Å²) in [4.78, 5) is 23.8. The van der Waals surface area contributed by atoms with Gasteiger partial charge in [-0.25, -0.2) is 0 Å². The van der Waals surface area contributed by atoms with E-state index in [1.54, 1.807) is 24.3 Å². The molecule has 0 atom stereocenters. The van der Waals surface area contributed by atoms with Crippen LogP contribution in [0.15, 0.2) is 47.1 Å². The quantitative estimate of drug-likeness (QED) is 0.820. The average Bonchev–Trinajstić information content (AvgIpc) is 3.10. The maximum absolute atomic E-state index is 11.9. The summed E-state index contributed by atoms with van der Waals surface area (Å²) in [5.41, 5.74) is 1.67. The molecule has 2 N–H and O–H groups in total. The van der Waals surface area contributed by atoms with E-state index >= 15 is 0 Å². The molecule has 0 saturated carbocycles. The molecule has 0 aliphatic heterocycles. The Hall–Kier alpha value is -2.56. The SMILES string of the molecule is CCC(CC)C(=O)NCc1ccc(NC(=O)c2ccco2)cc1. The smallest absolute Gasteiger partial charge is 0.291 e. The summed E-state index contributed by atoms with van der Waals surface area (Å²) < 4.78 is 5.04. The van der Waals surface area contributed by atoms with Crippen molar-refractivity contribution in [2.24, 2.45) is 5.92 Å². The summed E-state index contributed by atoms with van der Waals surface area (Å²) in [7, 11) is 0. The Morgan fingerprint density at radius 1 is 1.09 bits per heavy atom. The first-order valence-electron chi connectivity index (χ1n) is 7.85. The maximum atomic E-state index is 11.9. The highest BCUT2D eigenvalue weighted by Gasteiger charge is 2.13. The lowest BCUT2D eigenvalue weighted by atomic mass is 10.0. The van der Waals surface area contributed by atoms with Crippen LogP contribution in [0.2, 0.25) is 0 Å². The number of amides is 2. The van der Waals surface area contributed by atoms with Gasteiger partial charge in [0.2, 0.25) is 5.91 Å². The van der Waals surface area contributed by atoms with Crippen LogP contribution in [0.25, 0.3) is 0 Å². The minimum absolute atomic E-state index is 0.0712. The summed E-state index contributed by atoms with van der Waals surface area (Å²) in [6.45, 7) is 4.52. The molecule has 1 aromatic heterocycles. The summed E-state index contributed by atoms with van der Waals surface area (Å²) in [6, 6.07) is 10.6. The minimum atomic E-state index is -0.287. The first kappa shape index (κ1) is 16.8. The third-order valence-corrected chi connectivity index (χ3v) is 3.78. The lowest BCUT2D eigenvalue weighted by Crippen LogP contribution is -2.29. The van der Waals surface area contributed by atoms with Crippen LogP contribution >= 0.6 is 0 Å². The largest absolute Gasteiger partial charge is 0.459 e. The molecular weight excluding hydrogens is 292 g/mol. The highest BCUT2D eigenvalue weighted by Crippen LogP contribution is 2.12. The van der Waals surface area contributed by atoms with Gasteiger partial charge in [0.25, 0.3) is 5.91 Å². The van der Waals surface area contributed by atoms with Crippen LogP contribution in [0.1, 0.15) is 42.8 Å². The van der Waals surface area contributed by atoms with Gasteiger partial charge < -0.3 is 15.1 Å². The molecule has 2 amide bonds. The third kappa shape index (κ3) is 4.71. The fourth-order valence-electron chi connectivity index (χ4n) is 2.30. The fraction of sp³-hybridized carbons (Fsp3) is 0.333. The van der Waals surface area contributed by atoms with Gasteiger partial charge in [-0.05, 0) is 42.7 Å². The standard InChI is InChI=1S/C18H22N2O3/c1-3-14(4-2)17(21)19-12-13-7-9-15(10-8-13)20-18(22)16-6-5-11-23-16/h5-11,14H,3-4,12H2,1-2H3,(H,19,21)(H,20,22). The van der Waals surface area contributed by atoms with Crippen LogP contribution in [-0.4, -0.2) is 11.8 Å². The van der Waals surface area contributed by atoms with Gasteiger partial charge in [0.05, 0.1) is 6.26 Å². The zero-order valence-corrected chi connectivity index (χ0v) is 13.5. The van der Waals surface area contributed by atoms with Gasteiger partial charge in [0, 0.05) is 18.2 Å². The van der Waals surface area contributed by atoms with Crippen molar-refractivity contribution in [2.75, 3.05) is 5.32 Å². The van der Waals surface area contributed by atoms with E-state index in [1.807, 2.05) is 26.0 Å². The van der Waals surface area contributed by atoms with E-state index in [1.165, 1.54) is 6.26 Å². The Labute approximate surface area is 136 Å². The molecule has 2 aromatic rings. The number of furan rings is 1. The Morgan fingerprint density at radius 3 is 2.35 bits per heavy atom. The summed E-state index contributed by atoms with van der Waals surface area (Å²) in [6.07, 6.45) is 3.15. The van der Waals surface area contributed by atoms with E-state index in [4.69, 9.17) is 4.42 Å². The average molecular weight is 314 g/mol. The van der Waals surface area contributed by atoms with Gasteiger partial charge in [0.1, 0.15) is 0 Å². The van der Waals surface area contributed by atoms with Crippen molar-refractivity contribution in [1.82, 2.24) is 5.32 Å². The number of anilines is 1. The zero-order chi connectivity index (χ0) is 16.7. The van der Waals surface area contributed by atoms with E-state index in [-0.39, 0.29) is 23.5 Å². The molecular formula is C18H22N2O3. The molecule has 0 spiro atoms. The van der Waals surface area contributed by atoms with Crippen molar-refractivity contribution >= 4 is 17.5 Å². The molecule has 23 heavy (non-hydrogen) atoms. The number of benzene rings is 1. The first-order valence-corrected chi connectivity index (χ1v) is 7.85. The van der Waals surface area contributed by atoms with Crippen LogP contribution < -0.4 is 10.6 Å². The highest BCUT2D eigenvalue weighted by molar-refractivity contribution is 6.02. The summed E-state index contributed by atoms with van der Waals surface area (Å²) >= 11 is 0. The summed E-state index contributed by atoms with van der Waals surface area (Å²) in [5, 5.41) is 5.70. The molecule has 5 nitrogen and oxygen atoms in total. The molecule has 122 valence electrons. The maximum Gasteiger partial charge on any atom is 0.291 e. The van der Waals surface area contributed by atoms with Crippen molar-refractivity contribution < 1.29 is 14.0 Å². The molecule has 0 fully saturated rings. The normalized spacial score (nSPS) is 10.6. The van der Waals surface area contributed by atoms with Gasteiger partial charge in [0.15, 0.2) is 5.76 Å². The number of carbonyl (C=O) groups is 2. The molecule has 0 radical (unpaired) electrons. The first-order chi connectivity index (χ1) is 11.1. The molecule has 0 aliphatic rings. The number of hydrogen-bond donors (Lipinski definition) is 2. The third-order valence-electron chi connectivity index (χ3n) is 3.78. The van der Waals surface area contributed by atoms with E-state index in [0.717, 1.165) is 18.4 Å². The predicted molar refractivity (Wildman–Crippen MR) is 89.0 cm³/mol. The van der Waals surface area contributed by atoms with Crippen molar-refractivity contribution in [3.63, 3.8) is 0 Å². The van der Waals surface area contributed by atoms with Crippen molar-refractivity contribution in [2.45, 2.75) is 33.2 Å². The second-order valence-electron chi connectivity index (χ2n) is 5.36. The van der Waals surface area contributed by atoms with E-state index < -0.39 is 0 Å². The zero-order valence-electron chi connectivity index (χ0n) is 13.5. The van der Waals surface area contributed by atoms with E-state index in [9.17, 15) is 9.59 Å². The number of nitrogens with one attached hydrogen (secondary N) is 2. The van der Waals surface area contributed by atoms with Gasteiger partial charge in [-0.1, -0.05) is 26.0 Å². The fourth-order valence-corrected chi connectivity index (χ4v) is 2.30. The Bertz CT molecular complexity index is 629. The lowest BCUT2D eigenvalue weighted by Gasteiger charge is -2.13. The molecule has 5 heteroatoms.